The minimum absolute atomic E-state index is 0.0952. The van der Waals surface area contributed by atoms with Gasteiger partial charge in [0.2, 0.25) is 0 Å². The number of benzene rings is 1. The van der Waals surface area contributed by atoms with E-state index in [2.05, 4.69) is 15.3 Å². The SMILES string of the molecule is Cc1nc(-c2cccnc2)sc1C(=O)NCC1(c2ccc(F)cc2)CCCCC1. The summed E-state index contributed by atoms with van der Waals surface area (Å²) in [6.07, 6.45) is 8.93. The standard InChI is InChI=1S/C23H24FN3OS/c1-16-20(29-22(27-16)17-6-5-13-25-14-17)21(28)26-15-23(11-3-2-4-12-23)18-7-9-19(24)10-8-18/h5-10,13-14H,2-4,11-12,15H2,1H3,(H,26,28). The van der Waals surface area contributed by atoms with Crippen LogP contribution in [0.1, 0.15) is 53.0 Å². The van der Waals surface area contributed by atoms with Crippen molar-refractivity contribution >= 4 is 17.2 Å². The number of thiazole rings is 1. The summed E-state index contributed by atoms with van der Waals surface area (Å²) < 4.78 is 13.4. The lowest BCUT2D eigenvalue weighted by Gasteiger charge is -2.38. The van der Waals surface area contributed by atoms with Gasteiger partial charge in [-0.25, -0.2) is 9.37 Å². The molecule has 1 aliphatic rings. The van der Waals surface area contributed by atoms with Crippen LogP contribution in [0.4, 0.5) is 4.39 Å². The number of hydrogen-bond donors (Lipinski definition) is 1. The maximum atomic E-state index is 13.4. The number of amides is 1. The summed E-state index contributed by atoms with van der Waals surface area (Å²) in [5.74, 6) is -0.325. The van der Waals surface area contributed by atoms with Gasteiger partial charge in [-0.1, -0.05) is 31.4 Å². The van der Waals surface area contributed by atoms with Crippen molar-refractivity contribution in [3.63, 3.8) is 0 Å². The Morgan fingerprint density at radius 2 is 1.93 bits per heavy atom. The average Bonchev–Trinajstić information content (AvgIpc) is 3.15. The third-order valence-electron chi connectivity index (χ3n) is 5.77. The van der Waals surface area contributed by atoms with Crippen molar-refractivity contribution in [2.75, 3.05) is 6.54 Å². The number of nitrogens with one attached hydrogen (secondary N) is 1. The van der Waals surface area contributed by atoms with Crippen molar-refractivity contribution in [3.05, 3.63) is 70.7 Å². The van der Waals surface area contributed by atoms with Gasteiger partial charge in [0, 0.05) is 29.9 Å². The molecule has 6 heteroatoms. The van der Waals surface area contributed by atoms with E-state index >= 15 is 0 Å². The van der Waals surface area contributed by atoms with Crippen LogP contribution in [0.5, 0.6) is 0 Å². The van der Waals surface area contributed by atoms with Crippen LogP contribution in [0.3, 0.4) is 0 Å². The molecular weight excluding hydrogens is 385 g/mol. The predicted molar refractivity (Wildman–Crippen MR) is 114 cm³/mol. The maximum absolute atomic E-state index is 13.4. The Morgan fingerprint density at radius 3 is 2.62 bits per heavy atom. The molecule has 0 radical (unpaired) electrons. The van der Waals surface area contributed by atoms with Crippen molar-refractivity contribution in [2.45, 2.75) is 44.4 Å². The van der Waals surface area contributed by atoms with Gasteiger partial charge in [-0.05, 0) is 49.6 Å². The first-order valence-corrected chi connectivity index (χ1v) is 10.8. The topological polar surface area (TPSA) is 54.9 Å². The zero-order valence-corrected chi connectivity index (χ0v) is 17.3. The molecule has 3 aromatic rings. The molecule has 1 fully saturated rings. The summed E-state index contributed by atoms with van der Waals surface area (Å²) in [6.45, 7) is 2.42. The highest BCUT2D eigenvalue weighted by molar-refractivity contribution is 7.17. The fourth-order valence-corrected chi connectivity index (χ4v) is 5.12. The van der Waals surface area contributed by atoms with Gasteiger partial charge in [-0.15, -0.1) is 11.3 Å². The highest BCUT2D eigenvalue weighted by atomic mass is 32.1. The summed E-state index contributed by atoms with van der Waals surface area (Å²) in [4.78, 5) is 22.3. The Labute approximate surface area is 174 Å². The molecule has 0 saturated heterocycles. The van der Waals surface area contributed by atoms with Crippen LogP contribution in [0.25, 0.3) is 10.6 Å². The van der Waals surface area contributed by atoms with E-state index in [9.17, 15) is 9.18 Å². The Kier molecular flexibility index (Phi) is 5.72. The van der Waals surface area contributed by atoms with E-state index in [0.29, 0.717) is 11.4 Å². The second-order valence-electron chi connectivity index (χ2n) is 7.71. The quantitative estimate of drug-likeness (QED) is 0.623. The van der Waals surface area contributed by atoms with Gasteiger partial charge in [0.15, 0.2) is 0 Å². The molecule has 0 aliphatic heterocycles. The molecule has 0 bridgehead atoms. The zero-order chi connectivity index (χ0) is 20.3. The number of rotatable bonds is 5. The lowest BCUT2D eigenvalue weighted by molar-refractivity contribution is 0.0940. The lowest BCUT2D eigenvalue weighted by atomic mass is 9.69. The van der Waals surface area contributed by atoms with E-state index in [1.165, 1.54) is 29.9 Å². The highest BCUT2D eigenvalue weighted by Gasteiger charge is 2.34. The van der Waals surface area contributed by atoms with E-state index in [-0.39, 0.29) is 17.1 Å². The Balaban J connectivity index is 1.53. The van der Waals surface area contributed by atoms with Gasteiger partial charge >= 0.3 is 0 Å². The third-order valence-corrected chi connectivity index (χ3v) is 6.97. The molecular formula is C23H24FN3OS. The molecule has 1 aliphatic carbocycles. The van der Waals surface area contributed by atoms with E-state index in [4.69, 9.17) is 0 Å². The minimum atomic E-state index is -0.230. The largest absolute Gasteiger partial charge is 0.350 e. The second-order valence-corrected chi connectivity index (χ2v) is 8.70. The summed E-state index contributed by atoms with van der Waals surface area (Å²) >= 11 is 1.39. The molecule has 150 valence electrons. The summed E-state index contributed by atoms with van der Waals surface area (Å²) in [6, 6.07) is 10.6. The van der Waals surface area contributed by atoms with Gasteiger partial charge in [0.05, 0.1) is 5.69 Å². The van der Waals surface area contributed by atoms with Crippen LogP contribution in [-0.2, 0) is 5.41 Å². The van der Waals surface area contributed by atoms with E-state index in [0.717, 1.165) is 47.5 Å². The molecule has 0 spiro atoms. The van der Waals surface area contributed by atoms with Crippen molar-refractivity contribution in [3.8, 4) is 10.6 Å². The fraction of sp³-hybridized carbons (Fsp3) is 0.348. The third kappa shape index (κ3) is 4.22. The van der Waals surface area contributed by atoms with Gasteiger partial charge in [-0.2, -0.15) is 0 Å². The highest BCUT2D eigenvalue weighted by Crippen LogP contribution is 2.39. The fourth-order valence-electron chi connectivity index (χ4n) is 4.15. The summed E-state index contributed by atoms with van der Waals surface area (Å²) in [5.41, 5.74) is 2.61. The predicted octanol–water partition coefficient (Wildman–Crippen LogP) is 5.28. The van der Waals surface area contributed by atoms with Crippen LogP contribution >= 0.6 is 11.3 Å². The first-order chi connectivity index (χ1) is 14.1. The molecule has 2 heterocycles. The van der Waals surface area contributed by atoms with Gasteiger partial charge in [-0.3, -0.25) is 9.78 Å². The minimum Gasteiger partial charge on any atom is -0.350 e. The first-order valence-electron chi connectivity index (χ1n) is 9.99. The van der Waals surface area contributed by atoms with Crippen LogP contribution in [0.15, 0.2) is 48.8 Å². The monoisotopic (exact) mass is 409 g/mol. The number of nitrogens with zero attached hydrogens (tertiary/aromatic N) is 2. The zero-order valence-electron chi connectivity index (χ0n) is 16.5. The van der Waals surface area contributed by atoms with Crippen molar-refractivity contribution in [1.29, 1.82) is 0 Å². The number of carbonyl (C=O) groups is 1. The smallest absolute Gasteiger partial charge is 0.263 e. The number of carbonyl (C=O) groups excluding carboxylic acids is 1. The Morgan fingerprint density at radius 1 is 1.17 bits per heavy atom. The van der Waals surface area contributed by atoms with E-state index < -0.39 is 0 Å². The lowest BCUT2D eigenvalue weighted by Crippen LogP contribution is -2.42. The number of hydrogen-bond acceptors (Lipinski definition) is 4. The first kappa shape index (κ1) is 19.7. The number of aryl methyl sites for hydroxylation is 1. The Bertz CT molecular complexity index is 979. The summed E-state index contributed by atoms with van der Waals surface area (Å²) in [5, 5.41) is 3.95. The number of halogens is 1. The molecule has 29 heavy (non-hydrogen) atoms. The average molecular weight is 410 g/mol. The normalized spacial score (nSPS) is 15.8. The summed E-state index contributed by atoms with van der Waals surface area (Å²) in [7, 11) is 0. The van der Waals surface area contributed by atoms with Gasteiger partial charge in [0.25, 0.3) is 5.91 Å². The molecule has 1 N–H and O–H groups in total. The molecule has 2 aromatic heterocycles. The molecule has 4 rings (SSSR count). The van der Waals surface area contributed by atoms with Crippen molar-refractivity contribution < 1.29 is 9.18 Å². The molecule has 0 atom stereocenters. The van der Waals surface area contributed by atoms with Gasteiger partial charge < -0.3 is 5.32 Å². The Hall–Kier alpha value is -2.60. The van der Waals surface area contributed by atoms with Crippen LogP contribution in [0.2, 0.25) is 0 Å². The van der Waals surface area contributed by atoms with E-state index in [1.807, 2.05) is 31.2 Å². The van der Waals surface area contributed by atoms with Crippen LogP contribution in [-0.4, -0.2) is 22.4 Å². The molecule has 1 aromatic carbocycles. The van der Waals surface area contributed by atoms with Crippen molar-refractivity contribution in [1.82, 2.24) is 15.3 Å². The molecule has 1 saturated carbocycles. The molecule has 4 nitrogen and oxygen atoms in total. The van der Waals surface area contributed by atoms with E-state index in [1.54, 1.807) is 12.4 Å². The number of aromatic nitrogens is 2. The molecule has 0 unspecified atom stereocenters. The maximum Gasteiger partial charge on any atom is 0.263 e. The number of pyridine rings is 1. The van der Waals surface area contributed by atoms with Crippen LogP contribution in [0, 0.1) is 12.7 Å². The van der Waals surface area contributed by atoms with Crippen LogP contribution < -0.4 is 5.32 Å². The molecule has 1 amide bonds. The second kappa shape index (κ2) is 8.41. The van der Waals surface area contributed by atoms with Gasteiger partial charge in [0.1, 0.15) is 15.7 Å². The van der Waals surface area contributed by atoms with Crippen molar-refractivity contribution in [2.24, 2.45) is 0 Å².